The zero-order valence-electron chi connectivity index (χ0n) is 9.90. The summed E-state index contributed by atoms with van der Waals surface area (Å²) in [6.07, 6.45) is 0. The van der Waals surface area contributed by atoms with E-state index in [1.807, 2.05) is 24.3 Å². The number of halogens is 2. The first-order valence-electron chi connectivity index (χ1n) is 5.83. The minimum atomic E-state index is -0.262. The van der Waals surface area contributed by atoms with Crippen LogP contribution in [0.1, 0.15) is 0 Å². The fourth-order valence-electron chi connectivity index (χ4n) is 2.21. The maximum absolute atomic E-state index is 14.6. The molecule has 0 saturated heterocycles. The number of hydrogen-bond donors (Lipinski definition) is 1. The third-order valence-corrected chi connectivity index (χ3v) is 3.81. The molecular weight excluding hydrogens is 279 g/mol. The van der Waals surface area contributed by atoms with Crippen LogP contribution < -0.4 is 0 Å². The van der Waals surface area contributed by atoms with Gasteiger partial charge in [-0.25, -0.2) is 4.39 Å². The lowest BCUT2D eigenvalue weighted by molar-refractivity contribution is 0.643. The summed E-state index contributed by atoms with van der Waals surface area (Å²) in [5, 5.41) is 1.96. The van der Waals surface area contributed by atoms with Crippen LogP contribution in [0.25, 0.3) is 21.9 Å². The molecule has 0 atom stereocenters. The van der Waals surface area contributed by atoms with Gasteiger partial charge in [0.2, 0.25) is 0 Å². The number of rotatable bonds is 1. The van der Waals surface area contributed by atoms with Gasteiger partial charge >= 0.3 is 0 Å². The van der Waals surface area contributed by atoms with Crippen LogP contribution in [-0.4, -0.2) is 0 Å². The molecule has 0 aliphatic carbocycles. The molecule has 0 radical (unpaired) electrons. The molecule has 3 heteroatoms. The highest BCUT2D eigenvalue weighted by Gasteiger charge is 2.14. The van der Waals surface area contributed by atoms with Gasteiger partial charge in [-0.1, -0.05) is 54.1 Å². The smallest absolute Gasteiger partial charge is 0.138 e. The quantitative estimate of drug-likeness (QED) is 0.555. The molecule has 3 rings (SSSR count). The third kappa shape index (κ3) is 2.11. The van der Waals surface area contributed by atoms with Crippen molar-refractivity contribution in [2.45, 2.75) is 4.90 Å². The maximum atomic E-state index is 14.6. The molecule has 0 amide bonds. The van der Waals surface area contributed by atoms with E-state index in [2.05, 4.69) is 12.6 Å². The molecule has 0 aliphatic rings. The van der Waals surface area contributed by atoms with Gasteiger partial charge in [0.15, 0.2) is 0 Å². The van der Waals surface area contributed by atoms with E-state index in [9.17, 15) is 4.39 Å². The molecule has 0 fully saturated rings. The Balaban J connectivity index is 2.35. The van der Waals surface area contributed by atoms with Crippen molar-refractivity contribution < 1.29 is 4.39 Å². The largest absolute Gasteiger partial charge is 0.206 e. The van der Waals surface area contributed by atoms with Gasteiger partial charge in [-0.2, -0.15) is 0 Å². The predicted octanol–water partition coefficient (Wildman–Crippen LogP) is 5.59. The Morgan fingerprint density at radius 3 is 2.47 bits per heavy atom. The van der Waals surface area contributed by atoms with Crippen LogP contribution in [0.3, 0.4) is 0 Å². The van der Waals surface area contributed by atoms with E-state index in [-0.39, 0.29) is 5.82 Å². The molecule has 3 aromatic rings. The molecule has 0 N–H and O–H groups in total. The lowest BCUT2D eigenvalue weighted by Gasteiger charge is -2.10. The maximum Gasteiger partial charge on any atom is 0.138 e. The highest BCUT2D eigenvalue weighted by atomic mass is 35.5. The SMILES string of the molecule is Fc1c(-c2c(S)cccc2Cl)ccc2ccccc12. The molecule has 0 nitrogen and oxygen atoms in total. The van der Waals surface area contributed by atoms with E-state index < -0.39 is 0 Å². The Hall–Kier alpha value is -1.51. The van der Waals surface area contributed by atoms with Crippen molar-refractivity contribution in [3.8, 4) is 11.1 Å². The van der Waals surface area contributed by atoms with Crippen molar-refractivity contribution in [3.63, 3.8) is 0 Å². The van der Waals surface area contributed by atoms with E-state index in [4.69, 9.17) is 11.6 Å². The minimum Gasteiger partial charge on any atom is -0.206 e. The molecule has 0 saturated carbocycles. The Labute approximate surface area is 121 Å². The standard InChI is InChI=1S/C16H10ClFS/c17-13-6-3-7-14(19)15(13)12-9-8-10-4-1-2-5-11(10)16(12)18/h1-9,19H. The van der Waals surface area contributed by atoms with Gasteiger partial charge < -0.3 is 0 Å². The zero-order chi connectivity index (χ0) is 13.4. The van der Waals surface area contributed by atoms with Gasteiger partial charge in [-0.3, -0.25) is 0 Å². The van der Waals surface area contributed by atoms with Crippen LogP contribution in [0.4, 0.5) is 4.39 Å². The van der Waals surface area contributed by atoms with Gasteiger partial charge in [-0.15, -0.1) is 12.6 Å². The van der Waals surface area contributed by atoms with Gasteiger partial charge in [0.1, 0.15) is 5.82 Å². The van der Waals surface area contributed by atoms with Gasteiger partial charge in [-0.05, 0) is 17.5 Å². The average Bonchev–Trinajstić information content (AvgIpc) is 2.41. The minimum absolute atomic E-state index is 0.262. The monoisotopic (exact) mass is 288 g/mol. The van der Waals surface area contributed by atoms with E-state index in [1.165, 1.54) is 0 Å². The second-order valence-corrected chi connectivity index (χ2v) is 5.17. The Bertz CT molecular complexity index is 748. The fourth-order valence-corrected chi connectivity index (χ4v) is 2.88. The van der Waals surface area contributed by atoms with E-state index in [0.717, 1.165) is 5.39 Å². The third-order valence-electron chi connectivity index (χ3n) is 3.12. The van der Waals surface area contributed by atoms with E-state index >= 15 is 0 Å². The lowest BCUT2D eigenvalue weighted by atomic mass is 10.00. The van der Waals surface area contributed by atoms with Crippen molar-refractivity contribution in [1.82, 2.24) is 0 Å². The Morgan fingerprint density at radius 1 is 0.895 bits per heavy atom. The summed E-state index contributed by atoms with van der Waals surface area (Å²) in [5.74, 6) is -0.262. The van der Waals surface area contributed by atoms with Crippen LogP contribution in [0.2, 0.25) is 5.02 Å². The molecular formula is C16H10ClFS. The summed E-state index contributed by atoms with van der Waals surface area (Å²) in [6.45, 7) is 0. The van der Waals surface area contributed by atoms with Crippen LogP contribution in [0, 0.1) is 5.82 Å². The molecule has 0 bridgehead atoms. The molecule has 0 aliphatic heterocycles. The van der Waals surface area contributed by atoms with Gasteiger partial charge in [0, 0.05) is 26.4 Å². The van der Waals surface area contributed by atoms with Gasteiger partial charge in [0.05, 0.1) is 0 Å². The molecule has 19 heavy (non-hydrogen) atoms. The van der Waals surface area contributed by atoms with Crippen molar-refractivity contribution in [2.75, 3.05) is 0 Å². The first-order chi connectivity index (χ1) is 9.18. The summed E-state index contributed by atoms with van der Waals surface area (Å²) in [7, 11) is 0. The van der Waals surface area contributed by atoms with Crippen molar-refractivity contribution in [3.05, 3.63) is 65.4 Å². The fraction of sp³-hybridized carbons (Fsp3) is 0. The molecule has 0 spiro atoms. The van der Waals surface area contributed by atoms with Crippen LogP contribution in [-0.2, 0) is 0 Å². The second kappa shape index (κ2) is 4.87. The average molecular weight is 289 g/mol. The van der Waals surface area contributed by atoms with Crippen molar-refractivity contribution >= 4 is 35.0 Å². The summed E-state index contributed by atoms with van der Waals surface area (Å²) in [4.78, 5) is 0.668. The number of hydrogen-bond acceptors (Lipinski definition) is 1. The van der Waals surface area contributed by atoms with Crippen LogP contribution in [0.5, 0.6) is 0 Å². The Kier molecular flexibility index (Phi) is 3.21. The van der Waals surface area contributed by atoms with Gasteiger partial charge in [0.25, 0.3) is 0 Å². The van der Waals surface area contributed by atoms with Crippen molar-refractivity contribution in [1.29, 1.82) is 0 Å². The normalized spacial score (nSPS) is 10.9. The number of thiol groups is 1. The van der Waals surface area contributed by atoms with Crippen molar-refractivity contribution in [2.24, 2.45) is 0 Å². The molecule has 0 aromatic heterocycles. The molecule has 3 aromatic carbocycles. The van der Waals surface area contributed by atoms with Crippen LogP contribution in [0.15, 0.2) is 59.5 Å². The van der Waals surface area contributed by atoms with E-state index in [0.29, 0.717) is 26.4 Å². The summed E-state index contributed by atoms with van der Waals surface area (Å²) in [6, 6.07) is 16.4. The zero-order valence-corrected chi connectivity index (χ0v) is 11.5. The number of fused-ring (bicyclic) bond motifs is 1. The second-order valence-electron chi connectivity index (χ2n) is 4.28. The first kappa shape index (κ1) is 12.5. The summed E-state index contributed by atoms with van der Waals surface area (Å²) < 4.78 is 14.6. The van der Waals surface area contributed by atoms with E-state index in [1.54, 1.807) is 30.3 Å². The lowest BCUT2D eigenvalue weighted by Crippen LogP contribution is -1.89. The highest BCUT2D eigenvalue weighted by Crippen LogP contribution is 2.37. The summed E-state index contributed by atoms with van der Waals surface area (Å²) >= 11 is 10.5. The number of benzene rings is 3. The summed E-state index contributed by atoms with van der Waals surface area (Å²) in [5.41, 5.74) is 1.12. The van der Waals surface area contributed by atoms with Crippen LogP contribution >= 0.6 is 24.2 Å². The molecule has 0 heterocycles. The first-order valence-corrected chi connectivity index (χ1v) is 6.66. The topological polar surface area (TPSA) is 0 Å². The molecule has 0 unspecified atom stereocenters. The highest BCUT2D eigenvalue weighted by molar-refractivity contribution is 7.80. The molecule has 94 valence electrons. The Morgan fingerprint density at radius 2 is 1.68 bits per heavy atom. The predicted molar refractivity (Wildman–Crippen MR) is 81.6 cm³/mol.